The normalized spacial score (nSPS) is 11.1. The molecule has 1 aromatic heterocycles. The highest BCUT2D eigenvalue weighted by molar-refractivity contribution is 5.81. The predicted molar refractivity (Wildman–Crippen MR) is 77.4 cm³/mol. The molecule has 0 atom stereocenters. The van der Waals surface area contributed by atoms with Crippen LogP contribution in [-0.4, -0.2) is 39.9 Å². The van der Waals surface area contributed by atoms with Crippen molar-refractivity contribution in [3.8, 4) is 0 Å². The van der Waals surface area contributed by atoms with E-state index in [2.05, 4.69) is 15.6 Å². The van der Waals surface area contributed by atoms with Crippen LogP contribution in [0.1, 0.15) is 33.4 Å². The molecule has 0 spiro atoms. The molecule has 1 heterocycles. The number of carbonyl (C=O) groups is 2. The Bertz CT molecular complexity index is 469. The standard InChI is InChI=1S/C14H24N4O3/c1-10(2)13(19)9-21-6-5-18-8-12(16-17-18)7-15-14(20)11(3)4/h8,10-11H,5-7,9H2,1-4H3,(H,15,20). The van der Waals surface area contributed by atoms with E-state index in [0.717, 1.165) is 0 Å². The zero-order valence-corrected chi connectivity index (χ0v) is 13.1. The fourth-order valence-corrected chi connectivity index (χ4v) is 1.41. The smallest absolute Gasteiger partial charge is 0.222 e. The van der Waals surface area contributed by atoms with E-state index in [0.29, 0.717) is 25.4 Å². The molecule has 0 aliphatic rings. The van der Waals surface area contributed by atoms with Gasteiger partial charge in [0.25, 0.3) is 0 Å². The Labute approximate surface area is 125 Å². The molecule has 0 aromatic carbocycles. The molecule has 0 aliphatic carbocycles. The van der Waals surface area contributed by atoms with Gasteiger partial charge in [-0.1, -0.05) is 32.9 Å². The van der Waals surface area contributed by atoms with Crippen molar-refractivity contribution < 1.29 is 14.3 Å². The maximum absolute atomic E-state index is 11.4. The monoisotopic (exact) mass is 296 g/mol. The van der Waals surface area contributed by atoms with Crippen molar-refractivity contribution in [1.29, 1.82) is 0 Å². The third-order valence-electron chi connectivity index (χ3n) is 2.91. The number of aromatic nitrogens is 3. The van der Waals surface area contributed by atoms with Gasteiger partial charge in [-0.05, 0) is 0 Å². The second kappa shape index (κ2) is 8.51. The van der Waals surface area contributed by atoms with E-state index in [9.17, 15) is 9.59 Å². The number of hydrogen-bond acceptors (Lipinski definition) is 5. The van der Waals surface area contributed by atoms with Gasteiger partial charge >= 0.3 is 0 Å². The number of amides is 1. The van der Waals surface area contributed by atoms with Gasteiger partial charge in [-0.2, -0.15) is 0 Å². The highest BCUT2D eigenvalue weighted by Gasteiger charge is 2.09. The molecule has 0 saturated carbocycles. The molecule has 21 heavy (non-hydrogen) atoms. The number of Topliss-reactive ketones (excluding diaryl/α,β-unsaturated/α-hetero) is 1. The second-order valence-corrected chi connectivity index (χ2v) is 5.52. The molecule has 0 bridgehead atoms. The van der Waals surface area contributed by atoms with Crippen molar-refractivity contribution in [3.63, 3.8) is 0 Å². The minimum absolute atomic E-state index is 0.00691. The van der Waals surface area contributed by atoms with E-state index in [1.807, 2.05) is 27.7 Å². The molecule has 7 nitrogen and oxygen atoms in total. The number of carbonyl (C=O) groups excluding carboxylic acids is 2. The van der Waals surface area contributed by atoms with Crippen molar-refractivity contribution in [2.75, 3.05) is 13.2 Å². The Morgan fingerprint density at radius 3 is 2.62 bits per heavy atom. The fraction of sp³-hybridized carbons (Fsp3) is 0.714. The van der Waals surface area contributed by atoms with Crippen LogP contribution < -0.4 is 5.32 Å². The lowest BCUT2D eigenvalue weighted by Crippen LogP contribution is -2.27. The molecular formula is C14H24N4O3. The van der Waals surface area contributed by atoms with Gasteiger partial charge in [0.05, 0.1) is 25.9 Å². The van der Waals surface area contributed by atoms with Crippen molar-refractivity contribution in [2.45, 2.75) is 40.8 Å². The Kier molecular flexibility index (Phi) is 7.01. The van der Waals surface area contributed by atoms with E-state index in [1.165, 1.54) is 0 Å². The first-order valence-corrected chi connectivity index (χ1v) is 7.17. The van der Waals surface area contributed by atoms with Crippen LogP contribution in [-0.2, 0) is 27.4 Å². The minimum atomic E-state index is -0.0491. The fourth-order valence-electron chi connectivity index (χ4n) is 1.41. The lowest BCUT2D eigenvalue weighted by Gasteiger charge is -2.05. The molecule has 0 saturated heterocycles. The SMILES string of the molecule is CC(C)C(=O)COCCn1cc(CNC(=O)C(C)C)nn1. The first-order chi connectivity index (χ1) is 9.90. The van der Waals surface area contributed by atoms with E-state index in [-0.39, 0.29) is 30.1 Å². The van der Waals surface area contributed by atoms with Gasteiger partial charge in [0.2, 0.25) is 5.91 Å². The van der Waals surface area contributed by atoms with Gasteiger partial charge < -0.3 is 10.1 Å². The largest absolute Gasteiger partial charge is 0.372 e. The van der Waals surface area contributed by atoms with Crippen LogP contribution in [0.25, 0.3) is 0 Å². The van der Waals surface area contributed by atoms with Crippen molar-refractivity contribution >= 4 is 11.7 Å². The van der Waals surface area contributed by atoms with Crippen LogP contribution in [0.5, 0.6) is 0 Å². The first kappa shape index (κ1) is 17.3. The highest BCUT2D eigenvalue weighted by atomic mass is 16.5. The molecule has 0 aliphatic heterocycles. The van der Waals surface area contributed by atoms with Gasteiger partial charge in [-0.25, -0.2) is 4.68 Å². The summed E-state index contributed by atoms with van der Waals surface area (Å²) in [5, 5.41) is 10.7. The number of ether oxygens (including phenoxy) is 1. The number of rotatable bonds is 9. The quantitative estimate of drug-likeness (QED) is 0.681. The molecule has 1 amide bonds. The van der Waals surface area contributed by atoms with Crippen LogP contribution in [0, 0.1) is 11.8 Å². The van der Waals surface area contributed by atoms with Crippen molar-refractivity contribution in [3.05, 3.63) is 11.9 Å². The Hall–Kier alpha value is -1.76. The third-order valence-corrected chi connectivity index (χ3v) is 2.91. The lowest BCUT2D eigenvalue weighted by atomic mass is 10.1. The average Bonchev–Trinajstić information content (AvgIpc) is 2.88. The van der Waals surface area contributed by atoms with Crippen LogP contribution in [0.15, 0.2) is 6.20 Å². The van der Waals surface area contributed by atoms with Crippen LogP contribution in [0.4, 0.5) is 0 Å². The van der Waals surface area contributed by atoms with Crippen molar-refractivity contribution in [1.82, 2.24) is 20.3 Å². The summed E-state index contributed by atoms with van der Waals surface area (Å²) in [6.07, 6.45) is 1.76. The van der Waals surface area contributed by atoms with Gasteiger partial charge in [0.15, 0.2) is 5.78 Å². The summed E-state index contributed by atoms with van der Waals surface area (Å²) >= 11 is 0. The molecule has 0 fully saturated rings. The summed E-state index contributed by atoms with van der Waals surface area (Å²) in [4.78, 5) is 22.8. The number of ketones is 1. The zero-order chi connectivity index (χ0) is 15.8. The highest BCUT2D eigenvalue weighted by Crippen LogP contribution is 1.97. The number of hydrogen-bond donors (Lipinski definition) is 1. The molecular weight excluding hydrogens is 272 g/mol. The first-order valence-electron chi connectivity index (χ1n) is 7.17. The van der Waals surface area contributed by atoms with E-state index >= 15 is 0 Å². The summed E-state index contributed by atoms with van der Waals surface area (Å²) in [5.41, 5.74) is 0.697. The number of nitrogens with one attached hydrogen (secondary N) is 1. The van der Waals surface area contributed by atoms with Crippen LogP contribution in [0.3, 0.4) is 0 Å². The van der Waals surface area contributed by atoms with Crippen molar-refractivity contribution in [2.24, 2.45) is 11.8 Å². The Balaban J connectivity index is 2.26. The zero-order valence-electron chi connectivity index (χ0n) is 13.1. The maximum Gasteiger partial charge on any atom is 0.222 e. The molecule has 0 unspecified atom stereocenters. The van der Waals surface area contributed by atoms with Crippen LogP contribution in [0.2, 0.25) is 0 Å². The summed E-state index contributed by atoms with van der Waals surface area (Å²) in [7, 11) is 0. The second-order valence-electron chi connectivity index (χ2n) is 5.52. The van der Waals surface area contributed by atoms with E-state index in [4.69, 9.17) is 4.74 Å². The predicted octanol–water partition coefficient (Wildman–Crippen LogP) is 0.792. The van der Waals surface area contributed by atoms with Crippen LogP contribution >= 0.6 is 0 Å². The van der Waals surface area contributed by atoms with Gasteiger partial charge in [-0.15, -0.1) is 5.10 Å². The Morgan fingerprint density at radius 2 is 2.00 bits per heavy atom. The van der Waals surface area contributed by atoms with E-state index in [1.54, 1.807) is 10.9 Å². The molecule has 7 heteroatoms. The van der Waals surface area contributed by atoms with Gasteiger partial charge in [-0.3, -0.25) is 9.59 Å². The minimum Gasteiger partial charge on any atom is -0.372 e. The molecule has 118 valence electrons. The molecule has 1 N–H and O–H groups in total. The van der Waals surface area contributed by atoms with E-state index < -0.39 is 0 Å². The van der Waals surface area contributed by atoms with Gasteiger partial charge in [0.1, 0.15) is 12.3 Å². The average molecular weight is 296 g/mol. The summed E-state index contributed by atoms with van der Waals surface area (Å²) in [6.45, 7) is 8.79. The lowest BCUT2D eigenvalue weighted by molar-refractivity contribution is -0.126. The summed E-state index contributed by atoms with van der Waals surface area (Å²) in [5.74, 6) is 0.0187. The molecule has 0 radical (unpaired) electrons. The Morgan fingerprint density at radius 1 is 1.29 bits per heavy atom. The van der Waals surface area contributed by atoms with Gasteiger partial charge in [0, 0.05) is 11.8 Å². The third kappa shape index (κ3) is 6.48. The summed E-state index contributed by atoms with van der Waals surface area (Å²) < 4.78 is 6.93. The maximum atomic E-state index is 11.4. The molecule has 1 aromatic rings. The summed E-state index contributed by atoms with van der Waals surface area (Å²) in [6, 6.07) is 0. The molecule has 1 rings (SSSR count). The number of nitrogens with zero attached hydrogens (tertiary/aromatic N) is 3. The topological polar surface area (TPSA) is 86.1 Å².